The van der Waals surface area contributed by atoms with Gasteiger partial charge in [0.05, 0.1) is 34.6 Å². The minimum Gasteiger partial charge on any atom is -0.480 e. The van der Waals surface area contributed by atoms with Crippen LogP contribution in [0.25, 0.3) is 22.0 Å². The molecule has 9 rings (SSSR count). The number of carbonyl (C=O) groups excluding carboxylic acids is 1. The maximum absolute atomic E-state index is 14.5. The van der Waals surface area contributed by atoms with Crippen molar-refractivity contribution in [2.45, 2.75) is 81.7 Å². The van der Waals surface area contributed by atoms with Gasteiger partial charge in [-0.3, -0.25) is 24.3 Å². The molecule has 3 N–H and O–H groups in total. The average molecular weight is 907 g/mol. The number of β-amino-alcohol motifs (C(OH)–C–C–N with tert-alkyl or cyclic N) is 1. The summed E-state index contributed by atoms with van der Waals surface area (Å²) in [5.74, 6) is -1.12. The number of fused-ring (bicyclic) bond motifs is 2. The zero-order valence-corrected chi connectivity index (χ0v) is 36.2. The number of amides is 1. The summed E-state index contributed by atoms with van der Waals surface area (Å²) in [6.45, 7) is 4.15. The molecule has 2 aromatic carbocycles. The fraction of sp³-hybridized carbons (Fsp3) is 0.432. The highest BCUT2D eigenvalue weighted by Gasteiger charge is 2.51. The predicted octanol–water partition coefficient (Wildman–Crippen LogP) is 6.96. The number of likely N-dealkylation sites (tertiary alicyclic amines) is 2. The first-order valence-electron chi connectivity index (χ1n) is 20.9. The van der Waals surface area contributed by atoms with Gasteiger partial charge >= 0.3 is 6.18 Å². The Morgan fingerprint density at radius 3 is 2.49 bits per heavy atom. The number of carbonyl (C=O) groups is 1. The van der Waals surface area contributed by atoms with E-state index in [2.05, 4.69) is 29.9 Å². The standard InChI is InChI=1S/C44H46ClF3N8O6S/c1-43(14-15-43)63(59,60)54-40(58)27-12-17-55(22-27)21-25-19-26-11-16-49-39(37(26)50-20-25)52-33-8-4-7-32(36(33)45)29-5-3-6-31-30(29)9-10-35(31)62-42-38(44(46,47)48)51-34(41(53-42)61-2)24-56-18-13-28(57)23-56/h3-8,11,16,19-20,27-28,35,57H,9-10,12-15,17-18,21-24H2,1-2H3,(H,49,52)(H,54,58)/t27?,28-,35-/m1/s1. The number of aliphatic hydroxyl groups excluding tert-OH is 1. The molecule has 1 amide bonds. The Morgan fingerprint density at radius 2 is 1.75 bits per heavy atom. The van der Waals surface area contributed by atoms with E-state index >= 15 is 0 Å². The second-order valence-electron chi connectivity index (χ2n) is 17.0. The number of ether oxygens (including phenoxy) is 2. The lowest BCUT2D eigenvalue weighted by atomic mass is 9.96. The highest BCUT2D eigenvalue weighted by Crippen LogP contribution is 2.46. The van der Waals surface area contributed by atoms with Crippen molar-refractivity contribution in [2.75, 3.05) is 38.6 Å². The van der Waals surface area contributed by atoms with Crippen LogP contribution in [-0.2, 0) is 40.5 Å². The summed E-state index contributed by atoms with van der Waals surface area (Å²) in [5, 5.41) is 14.5. The number of aliphatic hydroxyl groups is 1. The van der Waals surface area contributed by atoms with Crippen LogP contribution in [0.4, 0.5) is 24.7 Å². The number of hydrogen-bond donors (Lipinski definition) is 3. The number of alkyl halides is 3. The number of aromatic nitrogens is 4. The number of anilines is 2. The van der Waals surface area contributed by atoms with Crippen molar-refractivity contribution in [1.82, 2.24) is 34.5 Å². The summed E-state index contributed by atoms with van der Waals surface area (Å²) in [4.78, 5) is 34.3. The molecule has 14 nitrogen and oxygen atoms in total. The fourth-order valence-corrected chi connectivity index (χ4v) is 10.3. The molecule has 3 atom stereocenters. The number of methoxy groups -OCH3 is 1. The molecular formula is C44H46ClF3N8O6S. The van der Waals surface area contributed by atoms with Gasteiger partial charge in [-0.2, -0.15) is 18.2 Å². The summed E-state index contributed by atoms with van der Waals surface area (Å²) in [7, 11) is -2.37. The first-order chi connectivity index (χ1) is 30.1. The third kappa shape index (κ3) is 8.75. The average Bonchev–Trinajstić information content (AvgIpc) is 3.52. The fourth-order valence-electron chi connectivity index (χ4n) is 8.75. The van der Waals surface area contributed by atoms with E-state index in [9.17, 15) is 31.5 Å². The molecule has 1 unspecified atom stereocenters. The van der Waals surface area contributed by atoms with Crippen LogP contribution in [0.1, 0.15) is 73.2 Å². The number of hydrogen-bond acceptors (Lipinski definition) is 13. The van der Waals surface area contributed by atoms with Crippen molar-refractivity contribution >= 4 is 49.9 Å². The van der Waals surface area contributed by atoms with Crippen LogP contribution in [0.15, 0.2) is 60.9 Å². The van der Waals surface area contributed by atoms with Crippen molar-refractivity contribution in [3.8, 4) is 22.9 Å². The molecule has 5 heterocycles. The molecule has 1 saturated carbocycles. The molecule has 0 bridgehead atoms. The topological polar surface area (TPSA) is 172 Å². The zero-order valence-electron chi connectivity index (χ0n) is 34.6. The molecule has 2 aliphatic carbocycles. The highest BCUT2D eigenvalue weighted by atomic mass is 35.5. The number of nitrogens with one attached hydrogen (secondary N) is 2. The molecule has 2 aliphatic heterocycles. The van der Waals surface area contributed by atoms with E-state index in [1.807, 2.05) is 48.5 Å². The molecule has 0 spiro atoms. The number of nitrogens with zero attached hydrogens (tertiary/aromatic N) is 6. The van der Waals surface area contributed by atoms with Crippen LogP contribution in [-0.4, -0.2) is 93.3 Å². The first-order valence-corrected chi connectivity index (χ1v) is 22.7. The van der Waals surface area contributed by atoms with Crippen molar-refractivity contribution in [1.29, 1.82) is 0 Å². The zero-order chi connectivity index (χ0) is 44.3. The Bertz CT molecular complexity index is 2710. The Morgan fingerprint density at radius 1 is 0.984 bits per heavy atom. The van der Waals surface area contributed by atoms with Crippen molar-refractivity contribution in [2.24, 2.45) is 5.92 Å². The first kappa shape index (κ1) is 43.1. The van der Waals surface area contributed by atoms with E-state index < -0.39 is 56.6 Å². The number of sulfonamides is 1. The molecular weight excluding hydrogens is 861 g/mol. The summed E-state index contributed by atoms with van der Waals surface area (Å²) >= 11 is 7.13. The van der Waals surface area contributed by atoms with Crippen LogP contribution in [0.3, 0.4) is 0 Å². The van der Waals surface area contributed by atoms with Crippen LogP contribution in [0, 0.1) is 5.92 Å². The van der Waals surface area contributed by atoms with Crippen LogP contribution in [0.5, 0.6) is 11.8 Å². The van der Waals surface area contributed by atoms with Crippen LogP contribution >= 0.6 is 11.6 Å². The van der Waals surface area contributed by atoms with Gasteiger partial charge in [0.1, 0.15) is 17.3 Å². The number of benzene rings is 2. The van der Waals surface area contributed by atoms with Gasteiger partial charge in [-0.25, -0.2) is 18.4 Å². The third-order valence-electron chi connectivity index (χ3n) is 12.5. The Kier molecular flexibility index (Phi) is 11.5. The Hall–Kier alpha value is -5.14. The molecule has 63 heavy (non-hydrogen) atoms. The van der Waals surface area contributed by atoms with Crippen molar-refractivity contribution in [3.05, 3.63) is 94.0 Å². The van der Waals surface area contributed by atoms with E-state index in [0.29, 0.717) is 104 Å². The lowest BCUT2D eigenvalue weighted by Crippen LogP contribution is -2.42. The quantitative estimate of drug-likeness (QED) is 0.111. The summed E-state index contributed by atoms with van der Waals surface area (Å²) in [6, 6.07) is 15.0. The minimum atomic E-state index is -4.85. The molecule has 19 heteroatoms. The predicted molar refractivity (Wildman–Crippen MR) is 229 cm³/mol. The van der Waals surface area contributed by atoms with Gasteiger partial charge in [-0.1, -0.05) is 41.9 Å². The third-order valence-corrected chi connectivity index (χ3v) is 15.1. The van der Waals surface area contributed by atoms with E-state index in [1.54, 1.807) is 24.2 Å². The monoisotopic (exact) mass is 906 g/mol. The molecule has 3 aromatic heterocycles. The maximum Gasteiger partial charge on any atom is 0.438 e. The molecule has 0 radical (unpaired) electrons. The highest BCUT2D eigenvalue weighted by molar-refractivity contribution is 7.91. The molecule has 5 aromatic rings. The van der Waals surface area contributed by atoms with Crippen LogP contribution < -0.4 is 19.5 Å². The lowest BCUT2D eigenvalue weighted by Gasteiger charge is -2.21. The van der Waals surface area contributed by atoms with Crippen molar-refractivity contribution in [3.63, 3.8) is 0 Å². The van der Waals surface area contributed by atoms with E-state index in [0.717, 1.165) is 22.1 Å². The number of halogens is 4. The molecule has 4 aliphatic rings. The van der Waals surface area contributed by atoms with E-state index in [1.165, 1.54) is 7.11 Å². The van der Waals surface area contributed by atoms with Gasteiger partial charge in [-0.05, 0) is 92.4 Å². The lowest BCUT2D eigenvalue weighted by molar-refractivity contribution is -0.143. The second-order valence-corrected chi connectivity index (χ2v) is 19.6. The smallest absolute Gasteiger partial charge is 0.438 e. The van der Waals surface area contributed by atoms with Crippen LogP contribution in [0.2, 0.25) is 5.02 Å². The summed E-state index contributed by atoms with van der Waals surface area (Å²) < 4.78 is 81.6. The van der Waals surface area contributed by atoms with Gasteiger partial charge in [-0.15, -0.1) is 0 Å². The van der Waals surface area contributed by atoms with E-state index in [4.69, 9.17) is 26.1 Å². The second kappa shape index (κ2) is 16.8. The summed E-state index contributed by atoms with van der Waals surface area (Å²) in [5.41, 5.74) is 4.01. The van der Waals surface area contributed by atoms with Gasteiger partial charge in [0.25, 0.3) is 0 Å². The number of pyridine rings is 2. The summed E-state index contributed by atoms with van der Waals surface area (Å²) in [6.07, 6.45) is 0.376. The van der Waals surface area contributed by atoms with Gasteiger partial charge < -0.3 is 19.9 Å². The maximum atomic E-state index is 14.5. The largest absolute Gasteiger partial charge is 0.480 e. The molecule has 3 fully saturated rings. The normalized spacial score (nSPS) is 21.1. The van der Waals surface area contributed by atoms with E-state index in [-0.39, 0.29) is 18.1 Å². The number of rotatable bonds is 13. The van der Waals surface area contributed by atoms with Crippen molar-refractivity contribution < 1.29 is 41.0 Å². The SMILES string of the molecule is COc1nc(O[C@@H]2CCc3c(-c4cccc(Nc5nccc6cc(CN7CCC(C(=O)NS(=O)(=O)C8(C)CC8)C7)cnc56)c4Cl)cccc32)c(C(F)(F)F)nc1CN1CC[C@@H](O)C1. The Labute approximate surface area is 367 Å². The van der Waals surface area contributed by atoms with Gasteiger partial charge in [0.2, 0.25) is 33.4 Å². The van der Waals surface area contributed by atoms with Gasteiger partial charge in [0, 0.05) is 56.1 Å². The molecule has 332 valence electrons. The van der Waals surface area contributed by atoms with Gasteiger partial charge in [0.15, 0.2) is 5.82 Å². The molecule has 2 saturated heterocycles. The Balaban J connectivity index is 0.907. The minimum absolute atomic E-state index is 0.0130.